The lowest BCUT2D eigenvalue weighted by Gasteiger charge is -2.33. The number of nitrogens with one attached hydrogen (secondary N) is 1. The lowest BCUT2D eigenvalue weighted by molar-refractivity contribution is 0.0909. The van der Waals surface area contributed by atoms with Gasteiger partial charge in [-0.05, 0) is 38.8 Å². The Morgan fingerprint density at radius 1 is 1.44 bits per heavy atom. The fourth-order valence-corrected chi connectivity index (χ4v) is 1.97. The largest absolute Gasteiger partial charge is 0.349 e. The average molecular weight is 219 g/mol. The number of pyridine rings is 1. The van der Waals surface area contributed by atoms with Gasteiger partial charge in [-0.25, -0.2) is 0 Å². The third-order valence-electron chi connectivity index (χ3n) is 2.98. The van der Waals surface area contributed by atoms with Crippen LogP contribution in [-0.4, -0.2) is 23.0 Å². The SMILES string of the molecule is Cc1ccc(C(=O)NC2CC(N)C2)c(C)n1. The molecule has 16 heavy (non-hydrogen) atoms. The number of rotatable bonds is 2. The number of hydrogen-bond acceptors (Lipinski definition) is 3. The third kappa shape index (κ3) is 2.22. The summed E-state index contributed by atoms with van der Waals surface area (Å²) in [5, 5.41) is 2.96. The maximum absolute atomic E-state index is 11.9. The van der Waals surface area contributed by atoms with E-state index < -0.39 is 0 Å². The molecular weight excluding hydrogens is 202 g/mol. The summed E-state index contributed by atoms with van der Waals surface area (Å²) in [7, 11) is 0. The number of amides is 1. The van der Waals surface area contributed by atoms with E-state index in [4.69, 9.17) is 5.73 Å². The number of aryl methyl sites for hydroxylation is 2. The Kier molecular flexibility index (Phi) is 2.92. The molecule has 3 N–H and O–H groups in total. The van der Waals surface area contributed by atoms with Crippen LogP contribution in [0.15, 0.2) is 12.1 Å². The summed E-state index contributed by atoms with van der Waals surface area (Å²) in [4.78, 5) is 16.2. The van der Waals surface area contributed by atoms with Crippen molar-refractivity contribution in [3.05, 3.63) is 29.1 Å². The predicted octanol–water partition coefficient (Wildman–Crippen LogP) is 0.918. The second-order valence-corrected chi connectivity index (χ2v) is 4.49. The van der Waals surface area contributed by atoms with Gasteiger partial charge in [0.25, 0.3) is 5.91 Å². The van der Waals surface area contributed by atoms with Crippen LogP contribution in [0, 0.1) is 13.8 Å². The molecule has 0 aromatic carbocycles. The molecule has 1 aromatic heterocycles. The molecule has 1 aliphatic rings. The van der Waals surface area contributed by atoms with E-state index in [1.54, 1.807) is 0 Å². The average Bonchev–Trinajstić information content (AvgIpc) is 2.15. The Hall–Kier alpha value is -1.42. The molecule has 4 nitrogen and oxygen atoms in total. The van der Waals surface area contributed by atoms with Crippen molar-refractivity contribution in [1.29, 1.82) is 0 Å². The Morgan fingerprint density at radius 2 is 2.12 bits per heavy atom. The van der Waals surface area contributed by atoms with Gasteiger partial charge in [0.15, 0.2) is 0 Å². The summed E-state index contributed by atoms with van der Waals surface area (Å²) in [6, 6.07) is 4.17. The van der Waals surface area contributed by atoms with E-state index >= 15 is 0 Å². The number of carbonyl (C=O) groups is 1. The molecule has 0 bridgehead atoms. The molecule has 0 radical (unpaired) electrons. The summed E-state index contributed by atoms with van der Waals surface area (Å²) >= 11 is 0. The van der Waals surface area contributed by atoms with Crippen LogP contribution in [0.1, 0.15) is 34.6 Å². The molecule has 0 spiro atoms. The van der Waals surface area contributed by atoms with Gasteiger partial charge in [0.1, 0.15) is 0 Å². The van der Waals surface area contributed by atoms with E-state index in [0.717, 1.165) is 24.2 Å². The Morgan fingerprint density at radius 3 is 2.69 bits per heavy atom. The summed E-state index contributed by atoms with van der Waals surface area (Å²) in [5.41, 5.74) is 8.04. The van der Waals surface area contributed by atoms with Gasteiger partial charge in [0.05, 0.1) is 11.3 Å². The highest BCUT2D eigenvalue weighted by Crippen LogP contribution is 2.18. The number of carbonyl (C=O) groups excluding carboxylic acids is 1. The van der Waals surface area contributed by atoms with Crippen LogP contribution >= 0.6 is 0 Å². The van der Waals surface area contributed by atoms with Crippen molar-refractivity contribution < 1.29 is 4.79 Å². The Balaban J connectivity index is 2.03. The van der Waals surface area contributed by atoms with Gasteiger partial charge in [0.2, 0.25) is 0 Å². The fourth-order valence-electron chi connectivity index (χ4n) is 1.97. The third-order valence-corrected chi connectivity index (χ3v) is 2.98. The number of nitrogens with two attached hydrogens (primary N) is 1. The van der Waals surface area contributed by atoms with E-state index in [2.05, 4.69) is 10.3 Å². The normalized spacial score (nSPS) is 23.7. The lowest BCUT2D eigenvalue weighted by atomic mass is 9.87. The first-order valence-electron chi connectivity index (χ1n) is 5.57. The molecule has 0 aliphatic heterocycles. The van der Waals surface area contributed by atoms with E-state index in [1.165, 1.54) is 0 Å². The van der Waals surface area contributed by atoms with Crippen LogP contribution in [0.4, 0.5) is 0 Å². The number of hydrogen-bond donors (Lipinski definition) is 2. The second-order valence-electron chi connectivity index (χ2n) is 4.49. The molecule has 86 valence electrons. The first-order chi connectivity index (χ1) is 7.56. The first-order valence-corrected chi connectivity index (χ1v) is 5.57. The molecule has 2 rings (SSSR count). The van der Waals surface area contributed by atoms with Crippen LogP contribution in [-0.2, 0) is 0 Å². The smallest absolute Gasteiger partial charge is 0.253 e. The van der Waals surface area contributed by atoms with Crippen LogP contribution < -0.4 is 11.1 Å². The summed E-state index contributed by atoms with van der Waals surface area (Å²) in [5.74, 6) is -0.0399. The molecule has 0 atom stereocenters. The molecule has 1 heterocycles. The van der Waals surface area contributed by atoms with Crippen molar-refractivity contribution in [2.45, 2.75) is 38.8 Å². The highest BCUT2D eigenvalue weighted by molar-refractivity contribution is 5.95. The van der Waals surface area contributed by atoms with Gasteiger partial charge in [-0.3, -0.25) is 9.78 Å². The predicted molar refractivity (Wildman–Crippen MR) is 62.2 cm³/mol. The standard InChI is InChI=1S/C12H17N3O/c1-7-3-4-11(8(2)14-7)12(16)15-10-5-9(13)6-10/h3-4,9-10H,5-6,13H2,1-2H3,(H,15,16). The highest BCUT2D eigenvalue weighted by Gasteiger charge is 2.27. The van der Waals surface area contributed by atoms with Crippen molar-refractivity contribution in [3.63, 3.8) is 0 Å². The van der Waals surface area contributed by atoms with Crippen LogP contribution in [0.25, 0.3) is 0 Å². The van der Waals surface area contributed by atoms with E-state index in [-0.39, 0.29) is 18.0 Å². The second kappa shape index (κ2) is 4.22. The molecule has 0 unspecified atom stereocenters. The zero-order valence-corrected chi connectivity index (χ0v) is 9.66. The monoisotopic (exact) mass is 219 g/mol. The Bertz CT molecular complexity index is 411. The van der Waals surface area contributed by atoms with Crippen LogP contribution in [0.3, 0.4) is 0 Å². The lowest BCUT2D eigenvalue weighted by Crippen LogP contribution is -2.50. The van der Waals surface area contributed by atoms with Crippen molar-refractivity contribution in [1.82, 2.24) is 10.3 Å². The van der Waals surface area contributed by atoms with Crippen LogP contribution in [0.5, 0.6) is 0 Å². The summed E-state index contributed by atoms with van der Waals surface area (Å²) in [6.07, 6.45) is 1.76. The minimum absolute atomic E-state index is 0.0399. The van der Waals surface area contributed by atoms with Gasteiger partial charge >= 0.3 is 0 Å². The maximum Gasteiger partial charge on any atom is 0.253 e. The van der Waals surface area contributed by atoms with Crippen molar-refractivity contribution in [2.75, 3.05) is 0 Å². The topological polar surface area (TPSA) is 68.0 Å². The minimum atomic E-state index is -0.0399. The Labute approximate surface area is 95.3 Å². The fraction of sp³-hybridized carbons (Fsp3) is 0.500. The van der Waals surface area contributed by atoms with Gasteiger partial charge in [0, 0.05) is 17.8 Å². The van der Waals surface area contributed by atoms with Gasteiger partial charge < -0.3 is 11.1 Å². The van der Waals surface area contributed by atoms with Gasteiger partial charge in [-0.1, -0.05) is 0 Å². The van der Waals surface area contributed by atoms with E-state index in [9.17, 15) is 4.79 Å². The zero-order chi connectivity index (χ0) is 11.7. The zero-order valence-electron chi connectivity index (χ0n) is 9.66. The highest BCUT2D eigenvalue weighted by atomic mass is 16.1. The molecule has 1 aliphatic carbocycles. The molecule has 4 heteroatoms. The molecule has 1 fully saturated rings. The summed E-state index contributed by atoms with van der Waals surface area (Å²) in [6.45, 7) is 3.77. The molecular formula is C12H17N3O. The number of aromatic nitrogens is 1. The van der Waals surface area contributed by atoms with Gasteiger partial charge in [-0.2, -0.15) is 0 Å². The molecule has 1 aromatic rings. The van der Waals surface area contributed by atoms with Crippen LogP contribution in [0.2, 0.25) is 0 Å². The first kappa shape index (κ1) is 11.1. The van der Waals surface area contributed by atoms with Gasteiger partial charge in [-0.15, -0.1) is 0 Å². The summed E-state index contributed by atoms with van der Waals surface area (Å²) < 4.78 is 0. The van der Waals surface area contributed by atoms with E-state index in [0.29, 0.717) is 5.56 Å². The van der Waals surface area contributed by atoms with E-state index in [1.807, 2.05) is 26.0 Å². The minimum Gasteiger partial charge on any atom is -0.349 e. The van der Waals surface area contributed by atoms with Crippen molar-refractivity contribution >= 4 is 5.91 Å². The quantitative estimate of drug-likeness (QED) is 0.777. The molecule has 1 amide bonds. The molecule has 0 saturated heterocycles. The molecule has 1 saturated carbocycles. The van der Waals surface area contributed by atoms with Crippen molar-refractivity contribution in [2.24, 2.45) is 5.73 Å². The maximum atomic E-state index is 11.9. The number of nitrogens with zero attached hydrogens (tertiary/aromatic N) is 1. The van der Waals surface area contributed by atoms with Crippen molar-refractivity contribution in [3.8, 4) is 0 Å².